The van der Waals surface area contributed by atoms with E-state index >= 15 is 0 Å². The molecule has 4 nitrogen and oxygen atoms in total. The molecule has 0 aliphatic carbocycles. The maximum absolute atomic E-state index is 11.4. The number of esters is 1. The van der Waals surface area contributed by atoms with Gasteiger partial charge in [0.2, 0.25) is 0 Å². The number of hydrogen-bond donors (Lipinski definition) is 0. The molecule has 0 N–H and O–H groups in total. The molecule has 0 atom stereocenters. The molecule has 0 amide bonds. The lowest BCUT2D eigenvalue weighted by Crippen LogP contribution is -2.06. The van der Waals surface area contributed by atoms with Crippen LogP contribution in [0.2, 0.25) is 0 Å². The number of pyridine rings is 1. The number of furan rings is 1. The molecule has 2 aromatic heterocycles. The molecular formula is C13H13NO3. The van der Waals surface area contributed by atoms with Crippen molar-refractivity contribution in [3.05, 3.63) is 54.2 Å². The van der Waals surface area contributed by atoms with Crippen molar-refractivity contribution in [3.8, 4) is 0 Å². The Bertz CT molecular complexity index is 451. The minimum atomic E-state index is -0.343. The van der Waals surface area contributed by atoms with Gasteiger partial charge in [0.15, 0.2) is 0 Å². The SMILES string of the molecule is O=C(OCCCc1cccnc1)c1ccoc1. The van der Waals surface area contributed by atoms with Crippen molar-refractivity contribution in [2.24, 2.45) is 0 Å². The smallest absolute Gasteiger partial charge is 0.341 e. The predicted octanol–water partition coefficient (Wildman–Crippen LogP) is 2.46. The van der Waals surface area contributed by atoms with Crippen molar-refractivity contribution in [2.45, 2.75) is 12.8 Å². The molecule has 2 aromatic rings. The Morgan fingerprint density at radius 3 is 3.06 bits per heavy atom. The molecule has 0 saturated carbocycles. The summed E-state index contributed by atoms with van der Waals surface area (Å²) in [5, 5.41) is 0. The Balaban J connectivity index is 1.69. The van der Waals surface area contributed by atoms with Gasteiger partial charge in [-0.1, -0.05) is 6.07 Å². The van der Waals surface area contributed by atoms with Crippen LogP contribution in [0.3, 0.4) is 0 Å². The van der Waals surface area contributed by atoms with E-state index in [0.717, 1.165) is 18.4 Å². The Kier molecular flexibility index (Phi) is 3.91. The van der Waals surface area contributed by atoms with Crippen molar-refractivity contribution in [1.29, 1.82) is 0 Å². The largest absolute Gasteiger partial charge is 0.472 e. The monoisotopic (exact) mass is 231 g/mol. The second kappa shape index (κ2) is 5.84. The van der Waals surface area contributed by atoms with Crippen molar-refractivity contribution in [2.75, 3.05) is 6.61 Å². The average Bonchev–Trinajstić information content (AvgIpc) is 2.89. The molecule has 2 heterocycles. The molecule has 17 heavy (non-hydrogen) atoms. The van der Waals surface area contributed by atoms with Gasteiger partial charge in [0.25, 0.3) is 0 Å². The highest BCUT2D eigenvalue weighted by atomic mass is 16.5. The lowest BCUT2D eigenvalue weighted by molar-refractivity contribution is 0.0500. The van der Waals surface area contributed by atoms with Gasteiger partial charge in [-0.05, 0) is 30.5 Å². The van der Waals surface area contributed by atoms with Crippen molar-refractivity contribution < 1.29 is 13.9 Å². The highest BCUT2D eigenvalue weighted by Crippen LogP contribution is 2.04. The van der Waals surface area contributed by atoms with Gasteiger partial charge in [0.05, 0.1) is 18.4 Å². The van der Waals surface area contributed by atoms with Crippen LogP contribution in [0, 0.1) is 0 Å². The third-order valence-corrected chi connectivity index (χ3v) is 2.32. The molecule has 0 bridgehead atoms. The summed E-state index contributed by atoms with van der Waals surface area (Å²) in [5.74, 6) is -0.343. The molecule has 0 aliphatic rings. The van der Waals surface area contributed by atoms with E-state index in [-0.39, 0.29) is 5.97 Å². The quantitative estimate of drug-likeness (QED) is 0.586. The van der Waals surface area contributed by atoms with Crippen LogP contribution in [0.4, 0.5) is 0 Å². The number of aryl methyl sites for hydroxylation is 1. The van der Waals surface area contributed by atoms with Crippen LogP contribution < -0.4 is 0 Å². The number of carbonyl (C=O) groups excluding carboxylic acids is 1. The summed E-state index contributed by atoms with van der Waals surface area (Å²) in [6, 6.07) is 5.49. The van der Waals surface area contributed by atoms with Gasteiger partial charge in [0, 0.05) is 12.4 Å². The summed E-state index contributed by atoms with van der Waals surface area (Å²) in [4.78, 5) is 15.4. The van der Waals surface area contributed by atoms with E-state index in [1.54, 1.807) is 12.3 Å². The highest BCUT2D eigenvalue weighted by molar-refractivity contribution is 5.88. The van der Waals surface area contributed by atoms with Crippen LogP contribution in [0.1, 0.15) is 22.3 Å². The molecule has 0 fully saturated rings. The molecule has 0 spiro atoms. The summed E-state index contributed by atoms with van der Waals surface area (Å²) in [7, 11) is 0. The number of hydrogen-bond acceptors (Lipinski definition) is 4. The van der Waals surface area contributed by atoms with Gasteiger partial charge in [0.1, 0.15) is 6.26 Å². The zero-order valence-corrected chi connectivity index (χ0v) is 9.33. The van der Waals surface area contributed by atoms with Gasteiger partial charge >= 0.3 is 5.97 Å². The van der Waals surface area contributed by atoms with Crippen LogP contribution in [0.5, 0.6) is 0 Å². The summed E-state index contributed by atoms with van der Waals surface area (Å²) in [6.07, 6.45) is 8.03. The number of nitrogens with zero attached hydrogens (tertiary/aromatic N) is 1. The van der Waals surface area contributed by atoms with Crippen LogP contribution in [-0.4, -0.2) is 17.6 Å². The van der Waals surface area contributed by atoms with E-state index in [1.807, 2.05) is 18.3 Å². The summed E-state index contributed by atoms with van der Waals surface area (Å²) in [6.45, 7) is 0.402. The van der Waals surface area contributed by atoms with Gasteiger partial charge in [-0.3, -0.25) is 4.98 Å². The number of rotatable bonds is 5. The highest BCUT2D eigenvalue weighted by Gasteiger charge is 2.07. The Hall–Kier alpha value is -2.10. The zero-order valence-electron chi connectivity index (χ0n) is 9.33. The Morgan fingerprint density at radius 2 is 2.35 bits per heavy atom. The Labute approximate surface area is 99.2 Å². The molecular weight excluding hydrogens is 218 g/mol. The minimum absolute atomic E-state index is 0.343. The third kappa shape index (κ3) is 3.45. The van der Waals surface area contributed by atoms with Crippen LogP contribution in [0.15, 0.2) is 47.5 Å². The lowest BCUT2D eigenvalue weighted by atomic mass is 10.2. The molecule has 2 rings (SSSR count). The second-order valence-electron chi connectivity index (χ2n) is 3.61. The predicted molar refractivity (Wildman–Crippen MR) is 61.5 cm³/mol. The first-order valence-electron chi connectivity index (χ1n) is 5.44. The first-order chi connectivity index (χ1) is 8.36. The fourth-order valence-electron chi connectivity index (χ4n) is 1.45. The summed E-state index contributed by atoms with van der Waals surface area (Å²) in [5.41, 5.74) is 1.60. The molecule has 0 saturated heterocycles. The van der Waals surface area contributed by atoms with Gasteiger partial charge in [-0.2, -0.15) is 0 Å². The summed E-state index contributed by atoms with van der Waals surface area (Å²) >= 11 is 0. The van der Waals surface area contributed by atoms with E-state index in [2.05, 4.69) is 4.98 Å². The van der Waals surface area contributed by atoms with Crippen molar-refractivity contribution >= 4 is 5.97 Å². The van der Waals surface area contributed by atoms with E-state index in [1.165, 1.54) is 12.5 Å². The van der Waals surface area contributed by atoms with Crippen molar-refractivity contribution in [3.63, 3.8) is 0 Å². The Morgan fingerprint density at radius 1 is 1.41 bits per heavy atom. The molecule has 88 valence electrons. The maximum Gasteiger partial charge on any atom is 0.341 e. The van der Waals surface area contributed by atoms with Gasteiger partial charge in [-0.25, -0.2) is 4.79 Å². The van der Waals surface area contributed by atoms with Crippen molar-refractivity contribution in [1.82, 2.24) is 4.98 Å². The first kappa shape index (κ1) is 11.4. The number of ether oxygens (including phenoxy) is 1. The molecule has 0 aromatic carbocycles. The van der Waals surface area contributed by atoms with E-state index in [9.17, 15) is 4.79 Å². The first-order valence-corrected chi connectivity index (χ1v) is 5.44. The molecule has 0 unspecified atom stereocenters. The molecule has 4 heteroatoms. The van der Waals surface area contributed by atoms with E-state index in [0.29, 0.717) is 12.2 Å². The minimum Gasteiger partial charge on any atom is -0.472 e. The molecule has 0 radical (unpaired) electrons. The standard InChI is InChI=1S/C13H13NO3/c15-13(12-5-8-16-10-12)17-7-2-4-11-3-1-6-14-9-11/h1,3,5-6,8-10H,2,4,7H2. The zero-order chi connectivity index (χ0) is 11.9. The molecule has 0 aliphatic heterocycles. The number of carbonyl (C=O) groups is 1. The topological polar surface area (TPSA) is 52.3 Å². The van der Waals surface area contributed by atoms with Gasteiger partial charge < -0.3 is 9.15 Å². The van der Waals surface area contributed by atoms with E-state index in [4.69, 9.17) is 9.15 Å². The second-order valence-corrected chi connectivity index (χ2v) is 3.61. The van der Waals surface area contributed by atoms with Gasteiger partial charge in [-0.15, -0.1) is 0 Å². The normalized spacial score (nSPS) is 10.1. The maximum atomic E-state index is 11.4. The lowest BCUT2D eigenvalue weighted by Gasteiger charge is -2.03. The fourth-order valence-corrected chi connectivity index (χ4v) is 1.45. The van der Waals surface area contributed by atoms with Crippen LogP contribution in [-0.2, 0) is 11.2 Å². The van der Waals surface area contributed by atoms with E-state index < -0.39 is 0 Å². The number of aromatic nitrogens is 1. The summed E-state index contributed by atoms with van der Waals surface area (Å²) < 4.78 is 9.89. The fraction of sp³-hybridized carbons (Fsp3) is 0.231. The average molecular weight is 231 g/mol. The third-order valence-electron chi connectivity index (χ3n) is 2.32. The van der Waals surface area contributed by atoms with Crippen LogP contribution in [0.25, 0.3) is 0 Å². The van der Waals surface area contributed by atoms with Crippen LogP contribution >= 0.6 is 0 Å².